The molecule has 2 rings (SSSR count). The van der Waals surface area contributed by atoms with Crippen LogP contribution in [0, 0.1) is 12.7 Å². The fourth-order valence-electron chi connectivity index (χ4n) is 1.74. The van der Waals surface area contributed by atoms with E-state index in [9.17, 15) is 4.39 Å². The fourth-order valence-corrected chi connectivity index (χ4v) is 2.80. The molecule has 2 N–H and O–H groups in total. The third-order valence-corrected chi connectivity index (χ3v) is 3.79. The van der Waals surface area contributed by atoms with Crippen LogP contribution in [-0.4, -0.2) is 6.04 Å². The Morgan fingerprint density at radius 2 is 1.89 bits per heavy atom. The van der Waals surface area contributed by atoms with Crippen LogP contribution in [-0.2, 0) is 0 Å². The van der Waals surface area contributed by atoms with Crippen molar-refractivity contribution in [1.82, 2.24) is 0 Å². The van der Waals surface area contributed by atoms with Gasteiger partial charge in [-0.25, -0.2) is 4.39 Å². The molecular formula is C14H16FNOS. The third kappa shape index (κ3) is 2.89. The minimum absolute atomic E-state index is 0.132. The second kappa shape index (κ2) is 5.50. The number of benzene rings is 1. The first-order valence-corrected chi connectivity index (χ1v) is 6.67. The van der Waals surface area contributed by atoms with Crippen LogP contribution < -0.4 is 10.5 Å². The molecule has 0 bridgehead atoms. The molecule has 0 aliphatic carbocycles. The zero-order valence-electron chi connectivity index (χ0n) is 10.4. The molecule has 96 valence electrons. The summed E-state index contributed by atoms with van der Waals surface area (Å²) in [7, 11) is 0. The largest absolute Gasteiger partial charge is 0.483 e. The maximum absolute atomic E-state index is 12.8. The molecule has 0 saturated carbocycles. The maximum atomic E-state index is 12.8. The van der Waals surface area contributed by atoms with Gasteiger partial charge in [-0.1, -0.05) is 0 Å². The van der Waals surface area contributed by atoms with Gasteiger partial charge >= 0.3 is 0 Å². The summed E-state index contributed by atoms with van der Waals surface area (Å²) in [4.78, 5) is 1.12. The monoisotopic (exact) mass is 265 g/mol. The van der Waals surface area contributed by atoms with Gasteiger partial charge in [0.25, 0.3) is 0 Å². The smallest absolute Gasteiger partial charge is 0.148 e. The van der Waals surface area contributed by atoms with E-state index in [-0.39, 0.29) is 18.0 Å². The van der Waals surface area contributed by atoms with Crippen molar-refractivity contribution >= 4 is 11.3 Å². The molecule has 2 atom stereocenters. The number of aryl methyl sites for hydroxylation is 1. The van der Waals surface area contributed by atoms with Crippen LogP contribution in [0.3, 0.4) is 0 Å². The van der Waals surface area contributed by atoms with E-state index in [4.69, 9.17) is 10.5 Å². The first-order chi connectivity index (χ1) is 8.58. The summed E-state index contributed by atoms with van der Waals surface area (Å²) < 4.78 is 18.7. The summed E-state index contributed by atoms with van der Waals surface area (Å²) in [6.07, 6.45) is -0.199. The zero-order chi connectivity index (χ0) is 13.1. The Balaban J connectivity index is 2.22. The molecule has 2 nitrogen and oxygen atoms in total. The van der Waals surface area contributed by atoms with Crippen molar-refractivity contribution in [3.63, 3.8) is 0 Å². The predicted molar refractivity (Wildman–Crippen MR) is 72.5 cm³/mol. The number of thiophene rings is 1. The number of halogens is 1. The molecule has 0 aliphatic rings. The first-order valence-electron chi connectivity index (χ1n) is 5.79. The highest BCUT2D eigenvalue weighted by molar-refractivity contribution is 7.10. The molecule has 1 aromatic carbocycles. The van der Waals surface area contributed by atoms with Crippen molar-refractivity contribution in [3.05, 3.63) is 52.0 Å². The summed E-state index contributed by atoms with van der Waals surface area (Å²) in [6, 6.07) is 7.92. The lowest BCUT2D eigenvalue weighted by atomic mass is 10.1. The van der Waals surface area contributed by atoms with E-state index < -0.39 is 0 Å². The highest BCUT2D eigenvalue weighted by Crippen LogP contribution is 2.30. The number of rotatable bonds is 4. The van der Waals surface area contributed by atoms with Crippen molar-refractivity contribution in [3.8, 4) is 5.75 Å². The van der Waals surface area contributed by atoms with Crippen molar-refractivity contribution in [2.75, 3.05) is 0 Å². The van der Waals surface area contributed by atoms with E-state index in [0.29, 0.717) is 5.75 Å². The molecule has 1 heterocycles. The van der Waals surface area contributed by atoms with Crippen LogP contribution >= 0.6 is 11.3 Å². The lowest BCUT2D eigenvalue weighted by Crippen LogP contribution is -2.28. The molecule has 2 unspecified atom stereocenters. The molecule has 0 radical (unpaired) electrons. The summed E-state index contributed by atoms with van der Waals surface area (Å²) in [5, 5.41) is 2.02. The van der Waals surface area contributed by atoms with E-state index in [1.54, 1.807) is 23.5 Å². The molecule has 4 heteroatoms. The molecule has 0 fully saturated rings. The minimum atomic E-state index is -0.271. The normalized spacial score (nSPS) is 14.2. The second-order valence-electron chi connectivity index (χ2n) is 4.32. The molecule has 0 aliphatic heterocycles. The number of ether oxygens (including phenoxy) is 1. The molecular weight excluding hydrogens is 249 g/mol. The Bertz CT molecular complexity index is 507. The highest BCUT2D eigenvalue weighted by atomic mass is 32.1. The molecule has 0 amide bonds. The van der Waals surface area contributed by atoms with Crippen LogP contribution in [0.15, 0.2) is 35.7 Å². The Labute approximate surface area is 110 Å². The van der Waals surface area contributed by atoms with Crippen molar-refractivity contribution in [2.24, 2.45) is 5.73 Å². The van der Waals surface area contributed by atoms with Crippen molar-refractivity contribution < 1.29 is 9.13 Å². The fraction of sp³-hybridized carbons (Fsp3) is 0.286. The molecule has 0 saturated heterocycles. The quantitative estimate of drug-likeness (QED) is 0.915. The van der Waals surface area contributed by atoms with Gasteiger partial charge in [0, 0.05) is 10.9 Å². The third-order valence-electron chi connectivity index (χ3n) is 2.71. The summed E-state index contributed by atoms with van der Waals surface area (Å²) in [5.41, 5.74) is 7.15. The standard InChI is InChI=1S/C14H16FNOS/c1-9-7-8-18-14(9)13(10(2)16)17-12-5-3-11(15)4-6-12/h3-8,10,13H,16H2,1-2H3. The van der Waals surface area contributed by atoms with Gasteiger partial charge in [-0.3, -0.25) is 0 Å². The zero-order valence-corrected chi connectivity index (χ0v) is 11.2. The van der Waals surface area contributed by atoms with E-state index >= 15 is 0 Å². The van der Waals surface area contributed by atoms with Crippen molar-refractivity contribution in [2.45, 2.75) is 26.0 Å². The number of nitrogens with two attached hydrogens (primary N) is 1. The van der Waals surface area contributed by atoms with Gasteiger partial charge in [-0.2, -0.15) is 0 Å². The predicted octanol–water partition coefficient (Wildman–Crippen LogP) is 3.66. The van der Waals surface area contributed by atoms with E-state index in [1.165, 1.54) is 17.7 Å². The molecule has 2 aromatic rings. The van der Waals surface area contributed by atoms with Crippen LogP contribution in [0.2, 0.25) is 0 Å². The lowest BCUT2D eigenvalue weighted by Gasteiger charge is -2.22. The van der Waals surface area contributed by atoms with Gasteiger partial charge in [-0.05, 0) is 55.1 Å². The Kier molecular flexibility index (Phi) is 3.99. The first kappa shape index (κ1) is 13.1. The molecule has 18 heavy (non-hydrogen) atoms. The summed E-state index contributed by atoms with van der Waals surface area (Å²) >= 11 is 1.63. The topological polar surface area (TPSA) is 35.2 Å². The maximum Gasteiger partial charge on any atom is 0.148 e. The van der Waals surface area contributed by atoms with E-state index in [1.807, 2.05) is 25.3 Å². The van der Waals surface area contributed by atoms with Crippen molar-refractivity contribution in [1.29, 1.82) is 0 Å². The van der Waals surface area contributed by atoms with Gasteiger partial charge < -0.3 is 10.5 Å². The molecule has 0 spiro atoms. The Morgan fingerprint density at radius 3 is 2.39 bits per heavy atom. The van der Waals surface area contributed by atoms with Gasteiger partial charge in [0.15, 0.2) is 0 Å². The summed E-state index contributed by atoms with van der Waals surface area (Å²) in [6.45, 7) is 3.95. The SMILES string of the molecule is Cc1ccsc1C(Oc1ccc(F)cc1)C(C)N. The van der Waals surface area contributed by atoms with E-state index in [2.05, 4.69) is 0 Å². The van der Waals surface area contributed by atoms with Gasteiger partial charge in [0.1, 0.15) is 17.7 Å². The Hall–Kier alpha value is -1.39. The average Bonchev–Trinajstić information content (AvgIpc) is 2.74. The second-order valence-corrected chi connectivity index (χ2v) is 5.27. The van der Waals surface area contributed by atoms with Crippen LogP contribution in [0.5, 0.6) is 5.75 Å². The van der Waals surface area contributed by atoms with Gasteiger partial charge in [0.05, 0.1) is 0 Å². The minimum Gasteiger partial charge on any atom is -0.483 e. The van der Waals surface area contributed by atoms with Gasteiger partial charge in [0.2, 0.25) is 0 Å². The number of hydrogen-bond acceptors (Lipinski definition) is 3. The average molecular weight is 265 g/mol. The van der Waals surface area contributed by atoms with Crippen LogP contribution in [0.1, 0.15) is 23.5 Å². The van der Waals surface area contributed by atoms with Gasteiger partial charge in [-0.15, -0.1) is 11.3 Å². The lowest BCUT2D eigenvalue weighted by molar-refractivity contribution is 0.183. The van der Waals surface area contributed by atoms with Crippen LogP contribution in [0.25, 0.3) is 0 Å². The number of hydrogen-bond donors (Lipinski definition) is 1. The van der Waals surface area contributed by atoms with Crippen LogP contribution in [0.4, 0.5) is 4.39 Å². The Morgan fingerprint density at radius 1 is 1.22 bits per heavy atom. The van der Waals surface area contributed by atoms with E-state index in [0.717, 1.165) is 4.88 Å². The summed E-state index contributed by atoms with van der Waals surface area (Å²) in [5.74, 6) is 0.360. The highest BCUT2D eigenvalue weighted by Gasteiger charge is 2.21. The molecule has 1 aromatic heterocycles.